The highest BCUT2D eigenvalue weighted by molar-refractivity contribution is 9.10. The van der Waals surface area contributed by atoms with Crippen LogP contribution >= 0.6 is 15.9 Å². The SMILES string of the molecule is FC1(F)Oc2ccc(NCc3ccc(Br)o3)cc2O1. The van der Waals surface area contributed by atoms with Crippen molar-refractivity contribution in [1.82, 2.24) is 0 Å². The number of rotatable bonds is 3. The Morgan fingerprint density at radius 3 is 2.63 bits per heavy atom. The van der Waals surface area contributed by atoms with Crippen LogP contribution in [0.2, 0.25) is 0 Å². The van der Waals surface area contributed by atoms with E-state index < -0.39 is 6.29 Å². The third-order valence-corrected chi connectivity index (χ3v) is 2.92. The molecular weight excluding hydrogens is 324 g/mol. The number of hydrogen-bond acceptors (Lipinski definition) is 4. The summed E-state index contributed by atoms with van der Waals surface area (Å²) in [5, 5.41) is 3.04. The molecule has 0 fully saturated rings. The average Bonchev–Trinajstić information content (AvgIpc) is 2.87. The molecule has 0 bridgehead atoms. The number of ether oxygens (including phenoxy) is 2. The Morgan fingerprint density at radius 1 is 1.11 bits per heavy atom. The number of furan rings is 1. The number of fused-ring (bicyclic) bond motifs is 1. The first-order chi connectivity index (χ1) is 9.02. The van der Waals surface area contributed by atoms with Gasteiger partial charge in [-0.3, -0.25) is 0 Å². The van der Waals surface area contributed by atoms with E-state index in [9.17, 15) is 8.78 Å². The molecule has 0 unspecified atom stereocenters. The van der Waals surface area contributed by atoms with Crippen LogP contribution in [0, 0.1) is 0 Å². The van der Waals surface area contributed by atoms with Gasteiger partial charge in [-0.25, -0.2) is 0 Å². The predicted octanol–water partition coefficient (Wildman–Crippen LogP) is 3.98. The van der Waals surface area contributed by atoms with Crippen LogP contribution in [0.1, 0.15) is 5.76 Å². The van der Waals surface area contributed by atoms with Crippen molar-refractivity contribution in [2.45, 2.75) is 12.8 Å². The lowest BCUT2D eigenvalue weighted by atomic mass is 10.2. The third-order valence-electron chi connectivity index (χ3n) is 2.50. The van der Waals surface area contributed by atoms with Gasteiger partial charge in [0.1, 0.15) is 5.76 Å². The molecule has 3 rings (SSSR count). The largest absolute Gasteiger partial charge is 0.586 e. The molecule has 1 aromatic heterocycles. The molecule has 0 saturated carbocycles. The molecule has 0 aliphatic carbocycles. The summed E-state index contributed by atoms with van der Waals surface area (Å²) in [6.45, 7) is 0.432. The van der Waals surface area contributed by atoms with E-state index in [-0.39, 0.29) is 11.5 Å². The molecule has 2 aromatic rings. The summed E-state index contributed by atoms with van der Waals surface area (Å²) >= 11 is 3.20. The van der Waals surface area contributed by atoms with Gasteiger partial charge in [-0.05, 0) is 40.2 Å². The van der Waals surface area contributed by atoms with Crippen molar-refractivity contribution in [3.63, 3.8) is 0 Å². The third kappa shape index (κ3) is 2.65. The number of alkyl halides is 2. The second-order valence-corrected chi connectivity index (χ2v) is 4.67. The maximum atomic E-state index is 12.8. The molecule has 1 aliphatic rings. The van der Waals surface area contributed by atoms with Crippen LogP contribution in [-0.2, 0) is 6.54 Å². The average molecular weight is 332 g/mol. The smallest absolute Gasteiger partial charge is 0.452 e. The molecule has 100 valence electrons. The van der Waals surface area contributed by atoms with Crippen molar-refractivity contribution in [2.75, 3.05) is 5.32 Å². The lowest BCUT2D eigenvalue weighted by Gasteiger charge is -2.05. The maximum Gasteiger partial charge on any atom is 0.586 e. The van der Waals surface area contributed by atoms with Crippen LogP contribution in [0.3, 0.4) is 0 Å². The topological polar surface area (TPSA) is 43.6 Å². The van der Waals surface area contributed by atoms with E-state index in [1.807, 2.05) is 0 Å². The van der Waals surface area contributed by atoms with E-state index in [0.29, 0.717) is 16.9 Å². The van der Waals surface area contributed by atoms with Crippen LogP contribution in [0.4, 0.5) is 14.5 Å². The molecule has 2 heterocycles. The van der Waals surface area contributed by atoms with Gasteiger partial charge in [-0.15, -0.1) is 8.78 Å². The van der Waals surface area contributed by atoms with Crippen LogP contribution < -0.4 is 14.8 Å². The summed E-state index contributed by atoms with van der Waals surface area (Å²) in [6, 6.07) is 8.09. The number of nitrogens with one attached hydrogen (secondary N) is 1. The Labute approximate surface area is 115 Å². The Kier molecular flexibility index (Phi) is 2.85. The molecule has 0 atom stereocenters. The van der Waals surface area contributed by atoms with Crippen molar-refractivity contribution in [1.29, 1.82) is 0 Å². The highest BCUT2D eigenvalue weighted by Gasteiger charge is 2.43. The Morgan fingerprint density at radius 2 is 1.89 bits per heavy atom. The van der Waals surface area contributed by atoms with E-state index in [1.165, 1.54) is 12.1 Å². The molecule has 0 amide bonds. The molecular formula is C12H8BrF2NO3. The van der Waals surface area contributed by atoms with Gasteiger partial charge in [0.05, 0.1) is 6.54 Å². The lowest BCUT2D eigenvalue weighted by Crippen LogP contribution is -2.25. The van der Waals surface area contributed by atoms with Crippen molar-refractivity contribution in [2.24, 2.45) is 0 Å². The fraction of sp³-hybridized carbons (Fsp3) is 0.167. The van der Waals surface area contributed by atoms with Gasteiger partial charge in [0.2, 0.25) is 0 Å². The van der Waals surface area contributed by atoms with Gasteiger partial charge in [-0.2, -0.15) is 0 Å². The van der Waals surface area contributed by atoms with E-state index >= 15 is 0 Å². The second kappa shape index (κ2) is 4.41. The van der Waals surface area contributed by atoms with Crippen LogP contribution in [0.25, 0.3) is 0 Å². The van der Waals surface area contributed by atoms with Crippen LogP contribution in [0.15, 0.2) is 39.4 Å². The Bertz CT molecular complexity index is 615. The molecule has 1 aromatic carbocycles. The summed E-state index contributed by atoms with van der Waals surface area (Å²) in [5.41, 5.74) is 0.632. The summed E-state index contributed by atoms with van der Waals surface area (Å²) in [4.78, 5) is 0. The number of hydrogen-bond donors (Lipinski definition) is 1. The van der Waals surface area contributed by atoms with Crippen molar-refractivity contribution >= 4 is 21.6 Å². The molecule has 0 saturated heterocycles. The molecule has 0 spiro atoms. The molecule has 1 N–H and O–H groups in total. The minimum Gasteiger partial charge on any atom is -0.452 e. The van der Waals surface area contributed by atoms with Crippen molar-refractivity contribution in [3.8, 4) is 11.5 Å². The van der Waals surface area contributed by atoms with Gasteiger partial charge < -0.3 is 19.2 Å². The first-order valence-corrected chi connectivity index (χ1v) is 6.19. The molecule has 0 radical (unpaired) electrons. The second-order valence-electron chi connectivity index (χ2n) is 3.89. The first-order valence-electron chi connectivity index (χ1n) is 5.40. The predicted molar refractivity (Wildman–Crippen MR) is 66.4 cm³/mol. The monoisotopic (exact) mass is 331 g/mol. The molecule has 4 nitrogen and oxygen atoms in total. The van der Waals surface area contributed by atoms with Crippen LogP contribution in [0.5, 0.6) is 11.5 Å². The minimum absolute atomic E-state index is 0.00984. The first kappa shape index (κ1) is 12.3. The fourth-order valence-corrected chi connectivity index (χ4v) is 2.03. The normalized spacial score (nSPS) is 15.5. The summed E-state index contributed by atoms with van der Waals surface area (Å²) < 4.78 is 40.3. The lowest BCUT2D eigenvalue weighted by molar-refractivity contribution is -0.286. The number of anilines is 1. The number of halogens is 3. The zero-order valence-corrected chi connectivity index (χ0v) is 11.0. The standard InChI is InChI=1S/C12H8BrF2NO3/c13-11-4-2-8(17-11)6-16-7-1-3-9-10(5-7)19-12(14,15)18-9/h1-5,16H,6H2. The summed E-state index contributed by atoms with van der Waals surface area (Å²) in [5.74, 6) is 0.752. The van der Waals surface area contributed by atoms with Crippen molar-refractivity contribution < 1.29 is 22.7 Å². The van der Waals surface area contributed by atoms with E-state index in [1.54, 1.807) is 18.2 Å². The van der Waals surface area contributed by atoms with Gasteiger partial charge >= 0.3 is 6.29 Å². The Balaban J connectivity index is 1.70. The quantitative estimate of drug-likeness (QED) is 0.924. The summed E-state index contributed by atoms with van der Waals surface area (Å²) in [7, 11) is 0. The Hall–Kier alpha value is -1.76. The number of benzene rings is 1. The highest BCUT2D eigenvalue weighted by Crippen LogP contribution is 2.42. The summed E-state index contributed by atoms with van der Waals surface area (Å²) in [6.07, 6.45) is -3.59. The fourth-order valence-electron chi connectivity index (χ4n) is 1.69. The highest BCUT2D eigenvalue weighted by atomic mass is 79.9. The molecule has 7 heteroatoms. The van der Waals surface area contributed by atoms with E-state index in [0.717, 1.165) is 5.76 Å². The minimum atomic E-state index is -3.59. The van der Waals surface area contributed by atoms with Gasteiger partial charge in [-0.1, -0.05) is 0 Å². The van der Waals surface area contributed by atoms with E-state index in [2.05, 4.69) is 30.7 Å². The van der Waals surface area contributed by atoms with Crippen molar-refractivity contribution in [3.05, 3.63) is 40.8 Å². The van der Waals surface area contributed by atoms with Gasteiger partial charge in [0.15, 0.2) is 16.2 Å². The van der Waals surface area contributed by atoms with E-state index in [4.69, 9.17) is 4.42 Å². The molecule has 19 heavy (non-hydrogen) atoms. The van der Waals surface area contributed by atoms with Gasteiger partial charge in [0, 0.05) is 11.8 Å². The van der Waals surface area contributed by atoms with Gasteiger partial charge in [0.25, 0.3) is 0 Å². The molecule has 1 aliphatic heterocycles. The van der Waals surface area contributed by atoms with Crippen LogP contribution in [-0.4, -0.2) is 6.29 Å². The zero-order chi connectivity index (χ0) is 13.5. The zero-order valence-electron chi connectivity index (χ0n) is 9.45. The maximum absolute atomic E-state index is 12.8.